The highest BCUT2D eigenvalue weighted by molar-refractivity contribution is 9.10. The fourth-order valence-electron chi connectivity index (χ4n) is 3.34. The molecule has 0 bridgehead atoms. The number of carbonyl (C=O) groups is 1. The number of nitrogens with one attached hydrogen (secondary N) is 2. The maximum atomic E-state index is 13.0. The smallest absolute Gasteiger partial charge is 0.255 e. The molecule has 172 valence electrons. The average molecular weight is 518 g/mol. The molecule has 0 radical (unpaired) electrons. The normalized spacial score (nSPS) is 10.7. The lowest BCUT2D eigenvalue weighted by molar-refractivity contribution is 0.102. The third kappa shape index (κ3) is 5.58. The van der Waals surface area contributed by atoms with Crippen LogP contribution in [0.4, 0.5) is 11.6 Å². The first-order valence-corrected chi connectivity index (χ1v) is 11.6. The van der Waals surface area contributed by atoms with Gasteiger partial charge in [0.25, 0.3) is 5.91 Å². The van der Waals surface area contributed by atoms with Gasteiger partial charge in [-0.1, -0.05) is 41.9 Å². The molecule has 0 aliphatic heterocycles. The van der Waals surface area contributed by atoms with Crippen LogP contribution >= 0.6 is 15.9 Å². The van der Waals surface area contributed by atoms with E-state index in [1.165, 1.54) is 0 Å². The molecule has 2 N–H and O–H groups in total. The van der Waals surface area contributed by atoms with Gasteiger partial charge in [-0.25, -0.2) is 15.0 Å². The Morgan fingerprint density at radius 3 is 2.65 bits per heavy atom. The zero-order valence-electron chi connectivity index (χ0n) is 19.0. The Balaban J connectivity index is 1.60. The number of hydrogen-bond acceptors (Lipinski definition) is 6. The summed E-state index contributed by atoms with van der Waals surface area (Å²) in [6.45, 7) is 4.23. The third-order valence-electron chi connectivity index (χ3n) is 5.09. The van der Waals surface area contributed by atoms with Gasteiger partial charge in [-0.3, -0.25) is 4.79 Å². The Bertz CT molecular complexity index is 1330. The summed E-state index contributed by atoms with van der Waals surface area (Å²) in [5, 5.41) is 5.90. The van der Waals surface area contributed by atoms with Crippen LogP contribution < -0.4 is 15.4 Å². The van der Waals surface area contributed by atoms with Crippen LogP contribution in [0.3, 0.4) is 0 Å². The highest BCUT2D eigenvalue weighted by Gasteiger charge is 2.14. The molecular formula is C26H24BrN5O2. The highest BCUT2D eigenvalue weighted by Crippen LogP contribution is 2.32. The molecule has 0 saturated carbocycles. The van der Waals surface area contributed by atoms with Crippen molar-refractivity contribution in [1.82, 2.24) is 15.0 Å². The molecule has 1 amide bonds. The Labute approximate surface area is 206 Å². The van der Waals surface area contributed by atoms with Gasteiger partial charge in [0.2, 0.25) is 11.8 Å². The van der Waals surface area contributed by atoms with E-state index in [1.807, 2.05) is 36.4 Å². The zero-order chi connectivity index (χ0) is 24.1. The number of pyridine rings is 1. The molecule has 0 fully saturated rings. The van der Waals surface area contributed by atoms with Gasteiger partial charge < -0.3 is 15.4 Å². The molecule has 0 saturated heterocycles. The van der Waals surface area contributed by atoms with Crippen LogP contribution in [0.1, 0.15) is 35.7 Å². The van der Waals surface area contributed by atoms with Crippen molar-refractivity contribution in [3.05, 3.63) is 88.7 Å². The lowest BCUT2D eigenvalue weighted by Gasteiger charge is -2.13. The molecule has 0 spiro atoms. The summed E-state index contributed by atoms with van der Waals surface area (Å²) in [5.74, 6) is 1.48. The van der Waals surface area contributed by atoms with E-state index in [1.54, 1.807) is 43.7 Å². The van der Waals surface area contributed by atoms with Crippen LogP contribution in [0.5, 0.6) is 11.6 Å². The summed E-state index contributed by atoms with van der Waals surface area (Å²) in [6, 6.07) is 18.5. The molecule has 2 aromatic heterocycles. The minimum atomic E-state index is -0.234. The maximum Gasteiger partial charge on any atom is 0.255 e. The van der Waals surface area contributed by atoms with Gasteiger partial charge >= 0.3 is 0 Å². The van der Waals surface area contributed by atoms with Gasteiger partial charge in [0, 0.05) is 35.2 Å². The fourth-order valence-corrected chi connectivity index (χ4v) is 3.81. The number of ether oxygens (including phenoxy) is 1. The van der Waals surface area contributed by atoms with Crippen molar-refractivity contribution in [2.45, 2.75) is 19.8 Å². The second kappa shape index (κ2) is 10.4. The molecule has 7 nitrogen and oxygen atoms in total. The van der Waals surface area contributed by atoms with Gasteiger partial charge in [-0.15, -0.1) is 0 Å². The molecule has 4 rings (SSSR count). The minimum Gasteiger partial charge on any atom is -0.438 e. The van der Waals surface area contributed by atoms with E-state index in [0.717, 1.165) is 11.3 Å². The lowest BCUT2D eigenvalue weighted by atomic mass is 10.0. The molecule has 0 aliphatic carbocycles. The summed E-state index contributed by atoms with van der Waals surface area (Å²) in [5.41, 5.74) is 3.73. The van der Waals surface area contributed by atoms with Crippen molar-refractivity contribution in [3.8, 4) is 22.9 Å². The maximum absolute atomic E-state index is 13.0. The lowest BCUT2D eigenvalue weighted by Crippen LogP contribution is -2.12. The molecule has 0 atom stereocenters. The van der Waals surface area contributed by atoms with E-state index in [-0.39, 0.29) is 5.91 Å². The molecule has 2 heterocycles. The molecule has 8 heteroatoms. The van der Waals surface area contributed by atoms with E-state index in [9.17, 15) is 4.79 Å². The fraction of sp³-hybridized carbons (Fsp3) is 0.154. The molecule has 0 unspecified atom stereocenters. The van der Waals surface area contributed by atoms with Crippen molar-refractivity contribution in [3.63, 3.8) is 0 Å². The van der Waals surface area contributed by atoms with Crippen LogP contribution in [0, 0.1) is 0 Å². The Morgan fingerprint density at radius 2 is 1.85 bits per heavy atom. The van der Waals surface area contributed by atoms with Crippen LogP contribution in [-0.2, 0) is 0 Å². The number of amides is 1. The van der Waals surface area contributed by atoms with Crippen LogP contribution in [0.25, 0.3) is 11.3 Å². The number of hydrogen-bond donors (Lipinski definition) is 2. The predicted molar refractivity (Wildman–Crippen MR) is 138 cm³/mol. The molecule has 4 aromatic rings. The van der Waals surface area contributed by atoms with E-state index in [2.05, 4.69) is 55.4 Å². The summed E-state index contributed by atoms with van der Waals surface area (Å²) in [6.07, 6.45) is 3.31. The van der Waals surface area contributed by atoms with Gasteiger partial charge in [0.1, 0.15) is 5.75 Å². The second-order valence-corrected chi connectivity index (χ2v) is 8.80. The second-order valence-electron chi connectivity index (χ2n) is 7.88. The van der Waals surface area contributed by atoms with Gasteiger partial charge in [0.15, 0.2) is 0 Å². The standard InChI is InChI=1S/C26H24BrN5O2/c1-16(2)17-6-4-7-20(13-17)31-24(33)18-12-19(27)15-21(14-18)34-25-22(8-5-10-29-25)23-9-11-30-26(28-3)32-23/h4-16H,1-3H3,(H,31,33)(H,28,30,32). The Kier molecular flexibility index (Phi) is 7.18. The number of nitrogens with zero attached hydrogens (tertiary/aromatic N) is 3. The number of halogens is 1. The van der Waals surface area contributed by atoms with Crippen LogP contribution in [-0.4, -0.2) is 27.9 Å². The summed E-state index contributed by atoms with van der Waals surface area (Å²) in [7, 11) is 1.76. The summed E-state index contributed by atoms with van der Waals surface area (Å²) in [4.78, 5) is 26.0. The number of carbonyl (C=O) groups excluding carboxylic acids is 1. The molecule has 2 aromatic carbocycles. The van der Waals surface area contributed by atoms with Crippen molar-refractivity contribution in [2.24, 2.45) is 0 Å². The quantitative estimate of drug-likeness (QED) is 0.290. The predicted octanol–water partition coefficient (Wildman–Crippen LogP) is 6.51. The number of anilines is 2. The van der Waals surface area contributed by atoms with E-state index in [4.69, 9.17) is 4.74 Å². The SMILES string of the molecule is CNc1nccc(-c2cccnc2Oc2cc(Br)cc(C(=O)Nc3cccc(C(C)C)c3)c2)n1. The Morgan fingerprint density at radius 1 is 1.00 bits per heavy atom. The topological polar surface area (TPSA) is 89.0 Å². The number of benzene rings is 2. The van der Waals surface area contributed by atoms with Gasteiger partial charge in [-0.2, -0.15) is 0 Å². The van der Waals surface area contributed by atoms with Gasteiger partial charge in [-0.05, 0) is 60.0 Å². The van der Waals surface area contributed by atoms with E-state index >= 15 is 0 Å². The third-order valence-corrected chi connectivity index (χ3v) is 5.54. The van der Waals surface area contributed by atoms with Crippen LogP contribution in [0.2, 0.25) is 0 Å². The largest absolute Gasteiger partial charge is 0.438 e. The number of rotatable bonds is 7. The van der Waals surface area contributed by atoms with Crippen molar-refractivity contribution >= 4 is 33.5 Å². The molecule has 34 heavy (non-hydrogen) atoms. The highest BCUT2D eigenvalue weighted by atomic mass is 79.9. The number of aromatic nitrogens is 3. The minimum absolute atomic E-state index is 0.234. The molecule has 0 aliphatic rings. The Hall–Kier alpha value is -3.78. The zero-order valence-corrected chi connectivity index (χ0v) is 20.6. The first kappa shape index (κ1) is 23.4. The molecular weight excluding hydrogens is 494 g/mol. The summed E-state index contributed by atoms with van der Waals surface area (Å²) < 4.78 is 6.82. The summed E-state index contributed by atoms with van der Waals surface area (Å²) >= 11 is 3.48. The van der Waals surface area contributed by atoms with Crippen LogP contribution in [0.15, 0.2) is 77.5 Å². The van der Waals surface area contributed by atoms with Crippen molar-refractivity contribution in [1.29, 1.82) is 0 Å². The van der Waals surface area contributed by atoms with E-state index in [0.29, 0.717) is 44.8 Å². The van der Waals surface area contributed by atoms with E-state index < -0.39 is 0 Å². The average Bonchev–Trinajstić information content (AvgIpc) is 2.84. The first-order chi connectivity index (χ1) is 16.4. The van der Waals surface area contributed by atoms with Gasteiger partial charge in [0.05, 0.1) is 11.3 Å². The first-order valence-electron chi connectivity index (χ1n) is 10.8. The monoisotopic (exact) mass is 517 g/mol. The van der Waals surface area contributed by atoms with Crippen molar-refractivity contribution in [2.75, 3.05) is 17.7 Å². The van der Waals surface area contributed by atoms with Crippen molar-refractivity contribution < 1.29 is 9.53 Å².